The Balaban J connectivity index is 2.17. The Hall–Kier alpha value is -1.96. The number of nitrogens with zero attached hydrogens (tertiary/aromatic N) is 1. The molecule has 1 aliphatic heterocycles. The van der Waals surface area contributed by atoms with Crippen molar-refractivity contribution in [3.8, 4) is 0 Å². The van der Waals surface area contributed by atoms with Gasteiger partial charge >= 0.3 is 5.97 Å². The summed E-state index contributed by atoms with van der Waals surface area (Å²) in [5, 5.41) is 11.4. The standard InChI is InChI=1S/C12H14N2O5S/c1-12(5-6-20(18,19)7-12)14-10(15)8-3-2-4-9(13-8)11(16)17/h2-4H,5-7H2,1H3,(H,14,15)(H,16,17). The maximum Gasteiger partial charge on any atom is 0.354 e. The van der Waals surface area contributed by atoms with Gasteiger partial charge in [-0.3, -0.25) is 4.79 Å². The summed E-state index contributed by atoms with van der Waals surface area (Å²) in [5.74, 6) is -1.89. The van der Waals surface area contributed by atoms with Crippen molar-refractivity contribution in [2.45, 2.75) is 18.9 Å². The van der Waals surface area contributed by atoms with E-state index in [1.807, 2.05) is 0 Å². The number of carbonyl (C=O) groups is 2. The topological polar surface area (TPSA) is 113 Å². The van der Waals surface area contributed by atoms with Gasteiger partial charge in [-0.1, -0.05) is 6.07 Å². The fourth-order valence-corrected chi connectivity index (χ4v) is 4.22. The van der Waals surface area contributed by atoms with Crippen LogP contribution in [0.5, 0.6) is 0 Å². The second kappa shape index (κ2) is 4.86. The van der Waals surface area contributed by atoms with Gasteiger partial charge in [-0.2, -0.15) is 0 Å². The van der Waals surface area contributed by atoms with E-state index in [1.54, 1.807) is 6.92 Å². The van der Waals surface area contributed by atoms with Gasteiger partial charge in [0.1, 0.15) is 11.4 Å². The second-order valence-corrected chi connectivity index (χ2v) is 7.25. The van der Waals surface area contributed by atoms with Crippen molar-refractivity contribution in [1.82, 2.24) is 10.3 Å². The smallest absolute Gasteiger partial charge is 0.354 e. The molecule has 1 unspecified atom stereocenters. The number of hydrogen-bond donors (Lipinski definition) is 2. The first kappa shape index (κ1) is 14.4. The molecule has 1 fully saturated rings. The molecule has 0 aromatic carbocycles. The molecule has 1 amide bonds. The molecular formula is C12H14N2O5S. The molecule has 0 bridgehead atoms. The molecule has 1 aromatic heterocycles. The molecule has 2 rings (SSSR count). The number of carbonyl (C=O) groups excluding carboxylic acids is 1. The zero-order chi connectivity index (χ0) is 15.0. The van der Waals surface area contributed by atoms with E-state index in [4.69, 9.17) is 5.11 Å². The van der Waals surface area contributed by atoms with Crippen molar-refractivity contribution < 1.29 is 23.1 Å². The van der Waals surface area contributed by atoms with Crippen LogP contribution in [-0.4, -0.2) is 47.4 Å². The van der Waals surface area contributed by atoms with Crippen molar-refractivity contribution >= 4 is 21.7 Å². The Kier molecular flexibility index (Phi) is 3.51. The summed E-state index contributed by atoms with van der Waals surface area (Å²) in [4.78, 5) is 26.5. The van der Waals surface area contributed by atoms with Gasteiger partial charge in [-0.05, 0) is 25.5 Å². The Morgan fingerprint density at radius 1 is 1.35 bits per heavy atom. The van der Waals surface area contributed by atoms with Gasteiger partial charge in [-0.15, -0.1) is 0 Å². The molecule has 0 saturated carbocycles. The van der Waals surface area contributed by atoms with Crippen molar-refractivity contribution in [3.63, 3.8) is 0 Å². The fraction of sp³-hybridized carbons (Fsp3) is 0.417. The van der Waals surface area contributed by atoms with Gasteiger partial charge in [0.2, 0.25) is 0 Å². The number of aromatic nitrogens is 1. The zero-order valence-electron chi connectivity index (χ0n) is 10.8. The van der Waals surface area contributed by atoms with E-state index >= 15 is 0 Å². The lowest BCUT2D eigenvalue weighted by Crippen LogP contribution is -2.47. The molecule has 1 aromatic rings. The maximum atomic E-state index is 12.0. The molecule has 0 spiro atoms. The van der Waals surface area contributed by atoms with Crippen LogP contribution in [0.1, 0.15) is 34.3 Å². The third-order valence-electron chi connectivity index (χ3n) is 3.12. The van der Waals surface area contributed by atoms with Gasteiger partial charge in [0, 0.05) is 0 Å². The van der Waals surface area contributed by atoms with Gasteiger partial charge in [0.15, 0.2) is 9.84 Å². The molecule has 1 aliphatic rings. The lowest BCUT2D eigenvalue weighted by Gasteiger charge is -2.23. The molecule has 0 radical (unpaired) electrons. The molecular weight excluding hydrogens is 284 g/mol. The fourth-order valence-electron chi connectivity index (χ4n) is 2.13. The number of hydrogen-bond acceptors (Lipinski definition) is 5. The second-order valence-electron chi connectivity index (χ2n) is 5.07. The third-order valence-corrected chi connectivity index (χ3v) is 5.02. The molecule has 7 nitrogen and oxygen atoms in total. The molecule has 0 aliphatic carbocycles. The van der Waals surface area contributed by atoms with Gasteiger partial charge < -0.3 is 10.4 Å². The van der Waals surface area contributed by atoms with Crippen molar-refractivity contribution in [2.75, 3.05) is 11.5 Å². The number of pyridine rings is 1. The lowest BCUT2D eigenvalue weighted by molar-refractivity contribution is 0.0690. The number of nitrogens with one attached hydrogen (secondary N) is 1. The normalized spacial score (nSPS) is 24.2. The first-order valence-electron chi connectivity index (χ1n) is 5.94. The average molecular weight is 298 g/mol. The Labute approximate surface area is 115 Å². The quantitative estimate of drug-likeness (QED) is 0.817. The maximum absolute atomic E-state index is 12.0. The Morgan fingerprint density at radius 2 is 2.00 bits per heavy atom. The monoisotopic (exact) mass is 298 g/mol. The first-order valence-corrected chi connectivity index (χ1v) is 7.76. The summed E-state index contributed by atoms with van der Waals surface area (Å²) < 4.78 is 22.9. The van der Waals surface area contributed by atoms with E-state index in [0.717, 1.165) is 0 Å². The summed E-state index contributed by atoms with van der Waals surface area (Å²) in [7, 11) is -3.13. The van der Waals surface area contributed by atoms with Gasteiger partial charge in [0.05, 0.1) is 17.0 Å². The highest BCUT2D eigenvalue weighted by Crippen LogP contribution is 2.23. The number of sulfone groups is 1. The zero-order valence-corrected chi connectivity index (χ0v) is 11.6. The van der Waals surface area contributed by atoms with E-state index in [2.05, 4.69) is 10.3 Å². The number of amides is 1. The highest BCUT2D eigenvalue weighted by molar-refractivity contribution is 7.91. The SMILES string of the molecule is CC1(NC(=O)c2cccc(C(=O)O)n2)CCS(=O)(=O)C1. The van der Waals surface area contributed by atoms with Crippen LogP contribution in [-0.2, 0) is 9.84 Å². The predicted molar refractivity (Wildman–Crippen MR) is 70.3 cm³/mol. The summed E-state index contributed by atoms with van der Waals surface area (Å²) >= 11 is 0. The van der Waals surface area contributed by atoms with Crippen molar-refractivity contribution in [2.24, 2.45) is 0 Å². The van der Waals surface area contributed by atoms with Crippen LogP contribution in [0.3, 0.4) is 0 Å². The number of aromatic carboxylic acids is 1. The molecule has 8 heteroatoms. The minimum absolute atomic E-state index is 0.0341. The van der Waals surface area contributed by atoms with Crippen LogP contribution in [0.15, 0.2) is 18.2 Å². The van der Waals surface area contributed by atoms with E-state index in [1.165, 1.54) is 18.2 Å². The van der Waals surface area contributed by atoms with E-state index < -0.39 is 27.3 Å². The molecule has 1 saturated heterocycles. The highest BCUT2D eigenvalue weighted by atomic mass is 32.2. The summed E-state index contributed by atoms with van der Waals surface area (Å²) in [6.07, 6.45) is 0.333. The van der Waals surface area contributed by atoms with Gasteiger partial charge in [0.25, 0.3) is 5.91 Å². The molecule has 108 valence electrons. The van der Waals surface area contributed by atoms with Crippen LogP contribution in [0.2, 0.25) is 0 Å². The summed E-state index contributed by atoms with van der Waals surface area (Å²) in [6.45, 7) is 1.65. The van der Waals surface area contributed by atoms with Crippen LogP contribution in [0.25, 0.3) is 0 Å². The van der Waals surface area contributed by atoms with Crippen LogP contribution >= 0.6 is 0 Å². The largest absolute Gasteiger partial charge is 0.477 e. The molecule has 1 atom stereocenters. The van der Waals surface area contributed by atoms with Crippen LogP contribution in [0, 0.1) is 0 Å². The summed E-state index contributed by atoms with van der Waals surface area (Å²) in [5.41, 5.74) is -1.12. The highest BCUT2D eigenvalue weighted by Gasteiger charge is 2.39. The molecule has 2 N–H and O–H groups in total. The van der Waals surface area contributed by atoms with E-state index in [9.17, 15) is 18.0 Å². The first-order chi connectivity index (χ1) is 9.21. The van der Waals surface area contributed by atoms with Crippen LogP contribution in [0.4, 0.5) is 0 Å². The van der Waals surface area contributed by atoms with Gasteiger partial charge in [-0.25, -0.2) is 18.2 Å². The number of rotatable bonds is 3. The minimum Gasteiger partial charge on any atom is -0.477 e. The summed E-state index contributed by atoms with van der Waals surface area (Å²) in [6, 6.07) is 4.08. The lowest BCUT2D eigenvalue weighted by atomic mass is 10.0. The molecule has 2 heterocycles. The van der Waals surface area contributed by atoms with Crippen LogP contribution < -0.4 is 5.32 Å². The number of carboxylic acid groups (broad SMARTS) is 1. The number of carboxylic acids is 1. The van der Waals surface area contributed by atoms with E-state index in [-0.39, 0.29) is 22.9 Å². The predicted octanol–water partition coefficient (Wildman–Crippen LogP) is 0.0868. The Bertz CT molecular complexity index is 670. The average Bonchev–Trinajstić information content (AvgIpc) is 2.63. The molecule has 20 heavy (non-hydrogen) atoms. The van der Waals surface area contributed by atoms with Crippen molar-refractivity contribution in [3.05, 3.63) is 29.6 Å². The minimum atomic E-state index is -3.13. The van der Waals surface area contributed by atoms with E-state index in [0.29, 0.717) is 6.42 Å². The third kappa shape index (κ3) is 3.13. The van der Waals surface area contributed by atoms with Crippen molar-refractivity contribution in [1.29, 1.82) is 0 Å². The Morgan fingerprint density at radius 3 is 2.55 bits per heavy atom.